The summed E-state index contributed by atoms with van der Waals surface area (Å²) in [6, 6.07) is 9.37. The molecule has 0 bridgehead atoms. The largest absolute Gasteiger partial charge is 0.315 e. The molecule has 0 radical (unpaired) electrons. The number of rotatable bonds is 5. The van der Waals surface area contributed by atoms with E-state index < -0.39 is 17.2 Å². The lowest BCUT2D eigenvalue weighted by atomic mass is 10.2. The van der Waals surface area contributed by atoms with Crippen molar-refractivity contribution in [2.24, 2.45) is 5.10 Å². The van der Waals surface area contributed by atoms with E-state index in [4.69, 9.17) is 12.2 Å². The Balaban J connectivity index is 1.98. The number of nitrogens with one attached hydrogen (secondary N) is 1. The van der Waals surface area contributed by atoms with Crippen molar-refractivity contribution >= 4 is 24.1 Å². The Kier molecular flexibility index (Phi) is 4.48. The van der Waals surface area contributed by atoms with Crippen LogP contribution in [-0.4, -0.2) is 30.6 Å². The van der Waals surface area contributed by atoms with Crippen molar-refractivity contribution in [3.8, 4) is 5.69 Å². The van der Waals surface area contributed by atoms with Crippen molar-refractivity contribution in [3.05, 3.63) is 69.0 Å². The first-order valence-electron chi connectivity index (χ1n) is 6.89. The highest BCUT2D eigenvalue weighted by molar-refractivity contribution is 7.71. The van der Waals surface area contributed by atoms with Gasteiger partial charge in [-0.25, -0.2) is 13.9 Å². The average molecular weight is 364 g/mol. The molecule has 0 aliphatic carbocycles. The summed E-state index contributed by atoms with van der Waals surface area (Å²) in [5, 5.41) is 20.5. The summed E-state index contributed by atoms with van der Waals surface area (Å²) in [6.45, 7) is 0. The number of aromatic nitrogens is 4. The average Bonchev–Trinajstić information content (AvgIpc) is 3.19. The zero-order valence-electron chi connectivity index (χ0n) is 12.4. The summed E-state index contributed by atoms with van der Waals surface area (Å²) in [6.07, 6.45) is 0.146. The number of H-pyrrole nitrogens is 1. The van der Waals surface area contributed by atoms with Crippen molar-refractivity contribution in [1.29, 1.82) is 0 Å². The predicted octanol–water partition coefficient (Wildman–Crippen LogP) is 3.46. The summed E-state index contributed by atoms with van der Waals surface area (Å²) in [4.78, 5) is 10.4. The summed E-state index contributed by atoms with van der Waals surface area (Å²) in [5.74, 6) is -0.602. The fraction of sp³-hybridized carbons (Fsp3) is 0.0714. The fourth-order valence-electron chi connectivity index (χ4n) is 2.16. The lowest BCUT2D eigenvalue weighted by molar-refractivity contribution is -0.384. The molecule has 2 aromatic heterocycles. The van der Waals surface area contributed by atoms with Gasteiger partial charge in [-0.2, -0.15) is 14.9 Å². The lowest BCUT2D eigenvalue weighted by Crippen LogP contribution is -2.02. The zero-order chi connectivity index (χ0) is 18.0. The maximum atomic E-state index is 12.9. The molecule has 0 unspecified atom stereocenters. The topological polar surface area (TPSA) is 94.0 Å². The first-order chi connectivity index (χ1) is 12.0. The van der Waals surface area contributed by atoms with E-state index in [0.717, 1.165) is 4.68 Å². The van der Waals surface area contributed by atoms with Crippen LogP contribution in [0.1, 0.15) is 17.9 Å². The van der Waals surface area contributed by atoms with E-state index >= 15 is 0 Å². The van der Waals surface area contributed by atoms with Crippen LogP contribution < -0.4 is 0 Å². The van der Waals surface area contributed by atoms with Crippen LogP contribution in [0.4, 0.5) is 14.5 Å². The summed E-state index contributed by atoms with van der Waals surface area (Å²) >= 11 is 4.88. The second kappa shape index (κ2) is 6.73. The first kappa shape index (κ1) is 16.6. The van der Waals surface area contributed by atoms with E-state index in [1.165, 1.54) is 18.3 Å². The molecule has 128 valence electrons. The maximum absolute atomic E-state index is 12.9. The molecule has 0 saturated heterocycles. The van der Waals surface area contributed by atoms with Gasteiger partial charge in [-0.3, -0.25) is 10.1 Å². The Morgan fingerprint density at radius 1 is 1.36 bits per heavy atom. The van der Waals surface area contributed by atoms with Crippen LogP contribution in [0, 0.1) is 14.9 Å². The van der Waals surface area contributed by atoms with Gasteiger partial charge in [0.2, 0.25) is 10.6 Å². The van der Waals surface area contributed by atoms with Gasteiger partial charge in [0.05, 0.1) is 22.5 Å². The Morgan fingerprint density at radius 2 is 2.16 bits per heavy atom. The number of nitro groups is 1. The van der Waals surface area contributed by atoms with Gasteiger partial charge in [0.25, 0.3) is 12.1 Å². The van der Waals surface area contributed by atoms with Crippen molar-refractivity contribution in [2.45, 2.75) is 6.43 Å². The number of benzene rings is 1. The van der Waals surface area contributed by atoms with Crippen LogP contribution in [0.5, 0.6) is 0 Å². The Bertz CT molecular complexity index is 1010. The van der Waals surface area contributed by atoms with Crippen LogP contribution >= 0.6 is 12.2 Å². The van der Waals surface area contributed by atoms with Crippen molar-refractivity contribution < 1.29 is 13.7 Å². The van der Waals surface area contributed by atoms with E-state index in [1.807, 2.05) is 0 Å². The van der Waals surface area contributed by atoms with E-state index in [0.29, 0.717) is 11.4 Å². The molecule has 0 aliphatic rings. The quantitative estimate of drug-likeness (QED) is 0.325. The third-order valence-corrected chi connectivity index (χ3v) is 3.54. The molecule has 0 saturated carbocycles. The number of nitro benzene ring substituents is 1. The molecule has 1 N–H and O–H groups in total. The van der Waals surface area contributed by atoms with Crippen molar-refractivity contribution in [1.82, 2.24) is 19.4 Å². The molecular formula is C14H10F2N6O2S. The second-order valence-corrected chi connectivity index (χ2v) is 5.21. The van der Waals surface area contributed by atoms with Gasteiger partial charge in [0.1, 0.15) is 0 Å². The van der Waals surface area contributed by atoms with Gasteiger partial charge in [0.15, 0.2) is 0 Å². The van der Waals surface area contributed by atoms with Gasteiger partial charge in [0, 0.05) is 18.3 Å². The van der Waals surface area contributed by atoms with E-state index in [-0.39, 0.29) is 10.5 Å². The van der Waals surface area contributed by atoms with Crippen LogP contribution in [0.15, 0.2) is 47.7 Å². The number of hydrogen-bond acceptors (Lipinski definition) is 5. The van der Waals surface area contributed by atoms with Gasteiger partial charge in [-0.05, 0) is 30.4 Å². The molecular weight excluding hydrogens is 354 g/mol. The maximum Gasteiger partial charge on any atom is 0.299 e. The highest BCUT2D eigenvalue weighted by Crippen LogP contribution is 2.19. The molecule has 0 atom stereocenters. The number of hydrogen-bond donors (Lipinski definition) is 1. The lowest BCUT2D eigenvalue weighted by Gasteiger charge is -2.06. The molecule has 3 rings (SSSR count). The third kappa shape index (κ3) is 3.35. The highest BCUT2D eigenvalue weighted by Gasteiger charge is 2.16. The Morgan fingerprint density at radius 3 is 2.88 bits per heavy atom. The van der Waals surface area contributed by atoms with E-state index in [9.17, 15) is 18.9 Å². The predicted molar refractivity (Wildman–Crippen MR) is 87.8 cm³/mol. The highest BCUT2D eigenvalue weighted by atomic mass is 32.1. The molecule has 11 heteroatoms. The summed E-state index contributed by atoms with van der Waals surface area (Å²) < 4.78 is 28.1. The zero-order valence-corrected chi connectivity index (χ0v) is 13.2. The van der Waals surface area contributed by atoms with Crippen LogP contribution in [0.3, 0.4) is 0 Å². The monoisotopic (exact) mass is 364 g/mol. The fourth-order valence-corrected chi connectivity index (χ4v) is 2.35. The molecule has 0 aliphatic heterocycles. The minimum absolute atomic E-state index is 0.0638. The minimum atomic E-state index is -2.84. The molecule has 8 nitrogen and oxygen atoms in total. The van der Waals surface area contributed by atoms with Gasteiger partial charge >= 0.3 is 0 Å². The summed E-state index contributed by atoms with van der Waals surface area (Å²) in [5.41, 5.74) is 0.987. The smallest absolute Gasteiger partial charge is 0.299 e. The first-order valence-corrected chi connectivity index (χ1v) is 7.30. The van der Waals surface area contributed by atoms with Gasteiger partial charge in [-0.15, -0.1) is 0 Å². The van der Waals surface area contributed by atoms with E-state index in [2.05, 4.69) is 15.3 Å². The number of non-ortho nitro benzene ring substituents is 1. The molecule has 0 amide bonds. The number of aromatic amines is 1. The second-order valence-electron chi connectivity index (χ2n) is 4.82. The van der Waals surface area contributed by atoms with Crippen molar-refractivity contribution in [3.63, 3.8) is 0 Å². The van der Waals surface area contributed by atoms with Gasteiger partial charge in [-0.1, -0.05) is 6.07 Å². The van der Waals surface area contributed by atoms with Crippen LogP contribution in [0.2, 0.25) is 0 Å². The third-order valence-electron chi connectivity index (χ3n) is 3.28. The number of alkyl halides is 2. The molecule has 0 spiro atoms. The molecule has 0 fully saturated rings. The molecule has 2 heterocycles. The van der Waals surface area contributed by atoms with Crippen LogP contribution in [-0.2, 0) is 0 Å². The van der Waals surface area contributed by atoms with Crippen LogP contribution in [0.25, 0.3) is 5.69 Å². The minimum Gasteiger partial charge on any atom is -0.315 e. The SMILES string of the molecule is O=[N+]([O-])c1cccc(-n2cccc2/C=N\n2c(C(F)F)n[nH]c2=S)c1. The standard InChI is InChI=1S/C14H10F2N6O2S/c15-12(16)13-18-19-14(25)21(13)17-8-11-5-2-6-20(11)9-3-1-4-10(7-9)22(23)24/h1-8,12H,(H,19,25)/b17-8-. The molecule has 25 heavy (non-hydrogen) atoms. The summed E-state index contributed by atoms with van der Waals surface area (Å²) in [7, 11) is 0. The molecule has 1 aromatic carbocycles. The molecule has 3 aromatic rings. The Labute approximate surface area is 144 Å². The normalized spacial score (nSPS) is 11.5. The van der Waals surface area contributed by atoms with Crippen molar-refractivity contribution in [2.75, 3.05) is 0 Å². The van der Waals surface area contributed by atoms with E-state index in [1.54, 1.807) is 35.0 Å². The van der Waals surface area contributed by atoms with Gasteiger partial charge < -0.3 is 4.57 Å². The number of halogens is 2. The Hall–Kier alpha value is -3.21. The number of nitrogens with zero attached hydrogens (tertiary/aromatic N) is 5.